The van der Waals surface area contributed by atoms with E-state index in [9.17, 15) is 9.59 Å². The Kier molecular flexibility index (Phi) is 7.60. The van der Waals surface area contributed by atoms with E-state index in [1.165, 1.54) is 7.11 Å². The molecule has 0 aliphatic carbocycles. The number of hydrogen-bond donors (Lipinski definition) is 1. The van der Waals surface area contributed by atoms with Crippen LogP contribution in [-0.2, 0) is 25.5 Å². The van der Waals surface area contributed by atoms with Crippen molar-refractivity contribution in [1.29, 1.82) is 0 Å². The topological polar surface area (TPSA) is 67.9 Å². The number of benzene rings is 1. The first-order valence-electron chi connectivity index (χ1n) is 9.13. The molecule has 2 rings (SSSR count). The molecule has 4 atom stereocenters. The highest BCUT2D eigenvalue weighted by molar-refractivity contribution is 5.86. The predicted molar refractivity (Wildman–Crippen MR) is 99.7 cm³/mol. The summed E-state index contributed by atoms with van der Waals surface area (Å²) in [4.78, 5) is 27.2. The van der Waals surface area contributed by atoms with Crippen LogP contribution in [-0.4, -0.2) is 62.8 Å². The molecule has 0 spiro atoms. The molecule has 1 amide bonds. The minimum Gasteiger partial charge on any atom is -0.467 e. The first-order valence-corrected chi connectivity index (χ1v) is 9.13. The Hall–Kier alpha value is -1.92. The number of nitrogens with one attached hydrogen (secondary N) is 1. The maximum Gasteiger partial charge on any atom is 0.328 e. The zero-order valence-corrected chi connectivity index (χ0v) is 16.1. The lowest BCUT2D eigenvalue weighted by molar-refractivity contribution is -0.146. The van der Waals surface area contributed by atoms with Crippen molar-refractivity contribution in [2.75, 3.05) is 27.8 Å². The number of rotatable bonds is 8. The van der Waals surface area contributed by atoms with Gasteiger partial charge in [-0.15, -0.1) is 0 Å². The Balaban J connectivity index is 2.05. The van der Waals surface area contributed by atoms with Crippen molar-refractivity contribution in [3.05, 3.63) is 35.9 Å². The number of methoxy groups -OCH3 is 2. The third kappa shape index (κ3) is 5.05. The van der Waals surface area contributed by atoms with Gasteiger partial charge in [-0.25, -0.2) is 4.79 Å². The van der Waals surface area contributed by atoms with Gasteiger partial charge in [-0.05, 0) is 32.0 Å². The van der Waals surface area contributed by atoms with Crippen LogP contribution in [0.25, 0.3) is 0 Å². The van der Waals surface area contributed by atoms with E-state index in [1.807, 2.05) is 37.3 Å². The number of amides is 1. The standard InChI is InChI=1S/C20H30N2O4/c1-14(18(25-3)17-11-8-12-22(17)2)19(23)21-16(20(24)26-4)13-15-9-6-5-7-10-15/h5-7,9-10,14,16-18H,8,11-13H2,1-4H3,(H,21,23). The average Bonchev–Trinajstić information content (AvgIpc) is 3.07. The molecule has 1 fully saturated rings. The second-order valence-corrected chi connectivity index (χ2v) is 6.95. The molecule has 6 nitrogen and oxygen atoms in total. The molecule has 1 aromatic rings. The molecule has 1 N–H and O–H groups in total. The molecule has 144 valence electrons. The van der Waals surface area contributed by atoms with E-state index < -0.39 is 12.0 Å². The number of likely N-dealkylation sites (tertiary alicyclic amines) is 1. The molecule has 1 aromatic carbocycles. The highest BCUT2D eigenvalue weighted by atomic mass is 16.5. The van der Waals surface area contributed by atoms with Crippen molar-refractivity contribution in [3.8, 4) is 0 Å². The Morgan fingerprint density at radius 2 is 1.96 bits per heavy atom. The molecule has 1 aliphatic heterocycles. The van der Waals surface area contributed by atoms with Crippen LogP contribution in [0.4, 0.5) is 0 Å². The van der Waals surface area contributed by atoms with E-state index >= 15 is 0 Å². The van der Waals surface area contributed by atoms with Crippen molar-refractivity contribution in [1.82, 2.24) is 10.2 Å². The van der Waals surface area contributed by atoms with Crippen LogP contribution in [0.15, 0.2) is 30.3 Å². The fraction of sp³-hybridized carbons (Fsp3) is 0.600. The van der Waals surface area contributed by atoms with Gasteiger partial charge in [0.05, 0.1) is 19.1 Å². The molecule has 0 aromatic heterocycles. The second-order valence-electron chi connectivity index (χ2n) is 6.95. The van der Waals surface area contributed by atoms with Crippen LogP contribution >= 0.6 is 0 Å². The Morgan fingerprint density at radius 3 is 2.50 bits per heavy atom. The molecule has 1 saturated heterocycles. The van der Waals surface area contributed by atoms with Gasteiger partial charge in [0.1, 0.15) is 6.04 Å². The first-order chi connectivity index (χ1) is 12.5. The number of hydrogen-bond acceptors (Lipinski definition) is 5. The van der Waals surface area contributed by atoms with E-state index in [0.29, 0.717) is 6.42 Å². The van der Waals surface area contributed by atoms with Crippen molar-refractivity contribution in [2.24, 2.45) is 5.92 Å². The third-order valence-electron chi connectivity index (χ3n) is 5.22. The third-order valence-corrected chi connectivity index (χ3v) is 5.22. The van der Waals surface area contributed by atoms with E-state index in [4.69, 9.17) is 9.47 Å². The van der Waals surface area contributed by atoms with Gasteiger partial charge in [0.15, 0.2) is 0 Å². The van der Waals surface area contributed by atoms with E-state index in [0.717, 1.165) is 24.9 Å². The summed E-state index contributed by atoms with van der Waals surface area (Å²) < 4.78 is 10.5. The normalized spacial score (nSPS) is 21.0. The summed E-state index contributed by atoms with van der Waals surface area (Å²) in [6.07, 6.45) is 2.30. The smallest absolute Gasteiger partial charge is 0.328 e. The van der Waals surface area contributed by atoms with Crippen molar-refractivity contribution < 1.29 is 19.1 Å². The lowest BCUT2D eigenvalue weighted by atomic mass is 9.94. The van der Waals surface area contributed by atoms with Crippen molar-refractivity contribution in [2.45, 2.75) is 44.4 Å². The van der Waals surface area contributed by atoms with Crippen LogP contribution in [0, 0.1) is 5.92 Å². The summed E-state index contributed by atoms with van der Waals surface area (Å²) >= 11 is 0. The monoisotopic (exact) mass is 362 g/mol. The number of ether oxygens (including phenoxy) is 2. The van der Waals surface area contributed by atoms with Crippen LogP contribution in [0.5, 0.6) is 0 Å². The van der Waals surface area contributed by atoms with E-state index in [1.54, 1.807) is 7.11 Å². The maximum absolute atomic E-state index is 12.8. The van der Waals surface area contributed by atoms with Gasteiger partial charge in [-0.2, -0.15) is 0 Å². The predicted octanol–water partition coefficient (Wildman–Crippen LogP) is 1.63. The molecule has 0 bridgehead atoms. The Bertz CT molecular complexity index is 593. The summed E-state index contributed by atoms with van der Waals surface area (Å²) in [5.41, 5.74) is 0.967. The van der Waals surface area contributed by atoms with E-state index in [-0.39, 0.29) is 24.0 Å². The molecular formula is C20H30N2O4. The van der Waals surface area contributed by atoms with Crippen LogP contribution < -0.4 is 5.32 Å². The number of carbonyl (C=O) groups excluding carboxylic acids is 2. The second kappa shape index (κ2) is 9.69. The summed E-state index contributed by atoms with van der Waals surface area (Å²) in [6, 6.07) is 9.09. The van der Waals surface area contributed by atoms with Gasteiger partial charge in [0, 0.05) is 19.6 Å². The number of nitrogens with zero attached hydrogens (tertiary/aromatic N) is 1. The highest BCUT2D eigenvalue weighted by Gasteiger charge is 2.37. The summed E-state index contributed by atoms with van der Waals surface area (Å²) in [5, 5.41) is 2.86. The van der Waals surface area contributed by atoms with Gasteiger partial charge in [-0.3, -0.25) is 4.79 Å². The lowest BCUT2D eigenvalue weighted by Crippen LogP contribution is -2.51. The summed E-state index contributed by atoms with van der Waals surface area (Å²) in [7, 11) is 5.03. The average molecular weight is 362 g/mol. The van der Waals surface area contributed by atoms with Crippen LogP contribution in [0.2, 0.25) is 0 Å². The van der Waals surface area contributed by atoms with Gasteiger partial charge in [0.2, 0.25) is 5.91 Å². The van der Waals surface area contributed by atoms with Crippen molar-refractivity contribution in [3.63, 3.8) is 0 Å². The Labute approximate surface area is 155 Å². The minimum atomic E-state index is -0.712. The highest BCUT2D eigenvalue weighted by Crippen LogP contribution is 2.24. The number of esters is 1. The molecule has 1 heterocycles. The molecule has 4 unspecified atom stereocenters. The molecule has 26 heavy (non-hydrogen) atoms. The van der Waals surface area contributed by atoms with Gasteiger partial charge < -0.3 is 19.7 Å². The maximum atomic E-state index is 12.8. The molecule has 1 aliphatic rings. The van der Waals surface area contributed by atoms with Crippen LogP contribution in [0.1, 0.15) is 25.3 Å². The van der Waals surface area contributed by atoms with Crippen molar-refractivity contribution >= 4 is 11.9 Å². The van der Waals surface area contributed by atoms with Gasteiger partial charge in [-0.1, -0.05) is 37.3 Å². The minimum absolute atomic E-state index is 0.191. The molecule has 6 heteroatoms. The number of carbonyl (C=O) groups is 2. The van der Waals surface area contributed by atoms with Gasteiger partial charge in [0.25, 0.3) is 0 Å². The molecular weight excluding hydrogens is 332 g/mol. The van der Waals surface area contributed by atoms with Gasteiger partial charge >= 0.3 is 5.97 Å². The zero-order valence-electron chi connectivity index (χ0n) is 16.1. The summed E-state index contributed by atoms with van der Waals surface area (Å²) in [5.74, 6) is -1.00. The lowest BCUT2D eigenvalue weighted by Gasteiger charge is -2.32. The fourth-order valence-electron chi connectivity index (χ4n) is 3.68. The molecule has 0 radical (unpaired) electrons. The van der Waals surface area contributed by atoms with E-state index in [2.05, 4.69) is 17.3 Å². The number of likely N-dealkylation sites (N-methyl/N-ethyl adjacent to an activating group) is 1. The summed E-state index contributed by atoms with van der Waals surface area (Å²) in [6.45, 7) is 2.87. The zero-order chi connectivity index (χ0) is 19.1. The Morgan fingerprint density at radius 1 is 1.27 bits per heavy atom. The fourth-order valence-corrected chi connectivity index (χ4v) is 3.68. The van der Waals surface area contributed by atoms with Crippen LogP contribution in [0.3, 0.4) is 0 Å². The molecule has 0 saturated carbocycles. The first kappa shape index (κ1) is 20.4. The SMILES string of the molecule is COC(=O)C(Cc1ccccc1)NC(=O)C(C)C(OC)C1CCCN1C. The quantitative estimate of drug-likeness (QED) is 0.712. The largest absolute Gasteiger partial charge is 0.467 e.